The van der Waals surface area contributed by atoms with E-state index in [0.29, 0.717) is 36.5 Å². The largest absolute Gasteiger partial charge is 0.462 e. The second-order valence-electron chi connectivity index (χ2n) is 12.1. The molecule has 0 aliphatic heterocycles. The summed E-state index contributed by atoms with van der Waals surface area (Å²) in [5.41, 5.74) is -0.892. The zero-order valence-electron chi connectivity index (χ0n) is 26.5. The van der Waals surface area contributed by atoms with Crippen molar-refractivity contribution in [3.8, 4) is 11.5 Å². The Morgan fingerprint density at radius 3 is 1.29 bits per heavy atom. The van der Waals surface area contributed by atoms with Crippen LogP contribution >= 0.6 is 69.6 Å². The van der Waals surface area contributed by atoms with Crippen molar-refractivity contribution < 1.29 is 38.1 Å². The van der Waals surface area contributed by atoms with Gasteiger partial charge >= 0.3 is 23.9 Å². The summed E-state index contributed by atoms with van der Waals surface area (Å²) in [4.78, 5) is 52.1. The van der Waals surface area contributed by atoms with E-state index in [1.165, 1.54) is 0 Å². The highest BCUT2D eigenvalue weighted by Gasteiger charge is 2.37. The summed E-state index contributed by atoms with van der Waals surface area (Å²) in [6.07, 6.45) is 10.3. The lowest BCUT2D eigenvalue weighted by Gasteiger charge is -2.15. The maximum Gasteiger partial charge on any atom is 0.423 e. The molecule has 0 amide bonds. The van der Waals surface area contributed by atoms with Crippen molar-refractivity contribution in [2.24, 2.45) is 23.7 Å². The van der Waals surface area contributed by atoms with E-state index in [1.54, 1.807) is 0 Å². The first-order valence-corrected chi connectivity index (χ1v) is 18.3. The predicted octanol–water partition coefficient (Wildman–Crippen LogP) is 10.9. The van der Waals surface area contributed by atoms with Gasteiger partial charge in [-0.2, -0.15) is 0 Å². The van der Waals surface area contributed by atoms with Crippen LogP contribution in [0.3, 0.4) is 0 Å². The van der Waals surface area contributed by atoms with Crippen molar-refractivity contribution >= 4 is 93.5 Å². The fourth-order valence-electron chi connectivity index (χ4n) is 5.71. The van der Waals surface area contributed by atoms with Gasteiger partial charge in [0.15, 0.2) is 11.5 Å². The van der Waals surface area contributed by atoms with E-state index in [-0.39, 0.29) is 43.3 Å². The molecule has 2 aromatic rings. The molecule has 14 heteroatoms. The molecule has 0 N–H and O–H groups in total. The number of carbonyl (C=O) groups excluding carboxylic acids is 4. The number of benzene rings is 2. The first kappa shape index (κ1) is 38.9. The molecule has 2 saturated carbocycles. The topological polar surface area (TPSA) is 105 Å². The third kappa shape index (κ3) is 10.1. The van der Waals surface area contributed by atoms with Crippen LogP contribution in [0.2, 0.25) is 30.1 Å². The number of halogens is 6. The summed E-state index contributed by atoms with van der Waals surface area (Å²) in [6, 6.07) is 2.27. The summed E-state index contributed by atoms with van der Waals surface area (Å²) in [5, 5.41) is -1.42. The molecule has 262 valence electrons. The van der Waals surface area contributed by atoms with Crippen molar-refractivity contribution in [2.45, 2.75) is 78.1 Å². The van der Waals surface area contributed by atoms with Crippen LogP contribution in [0.1, 0.15) is 98.8 Å². The van der Waals surface area contributed by atoms with Gasteiger partial charge in [-0.05, 0) is 61.5 Å². The van der Waals surface area contributed by atoms with Gasteiger partial charge in [0.1, 0.15) is 11.1 Å². The maximum absolute atomic E-state index is 13.1. The number of hydrogen-bond acceptors (Lipinski definition) is 8. The summed E-state index contributed by atoms with van der Waals surface area (Å²) >= 11 is 37.4. The fraction of sp³-hybridized carbons (Fsp3) is 0.529. The van der Waals surface area contributed by atoms with Gasteiger partial charge in [0.25, 0.3) is 0 Å². The Bertz CT molecular complexity index is 1430. The Morgan fingerprint density at radius 1 is 0.583 bits per heavy atom. The van der Waals surface area contributed by atoms with Crippen molar-refractivity contribution in [2.75, 3.05) is 13.2 Å². The highest BCUT2D eigenvalue weighted by molar-refractivity contribution is 6.47. The second-order valence-corrected chi connectivity index (χ2v) is 14.5. The van der Waals surface area contributed by atoms with E-state index in [1.807, 2.05) is 0 Å². The highest BCUT2D eigenvalue weighted by atomic mass is 35.5. The number of esters is 4. The molecule has 4 atom stereocenters. The standard InChI is InChI=1S/C34H36Cl6O8/c1-3-5-7-17-13-19(17)9-11-45-31(41)25-27(39)21(35)15-23(37)29(25)47-33(43)34(44)48-30-24(38)16-22(36)28(40)26(30)32(42)46-12-10-20-14-18(20)8-6-4-2/h15-20H,3-14H2,1-2H3. The van der Waals surface area contributed by atoms with Crippen molar-refractivity contribution in [3.05, 3.63) is 53.4 Å². The average Bonchev–Trinajstić information content (AvgIpc) is 3.97. The van der Waals surface area contributed by atoms with Gasteiger partial charge in [0.05, 0.1) is 43.3 Å². The second kappa shape index (κ2) is 17.8. The third-order valence-corrected chi connectivity index (χ3v) is 10.8. The Labute approximate surface area is 309 Å². The van der Waals surface area contributed by atoms with E-state index in [0.717, 1.165) is 63.5 Å². The zero-order valence-corrected chi connectivity index (χ0v) is 31.0. The van der Waals surface area contributed by atoms with Gasteiger partial charge < -0.3 is 18.9 Å². The van der Waals surface area contributed by atoms with E-state index < -0.39 is 46.5 Å². The minimum Gasteiger partial charge on any atom is -0.462 e. The van der Waals surface area contributed by atoms with Crippen LogP contribution < -0.4 is 9.47 Å². The van der Waals surface area contributed by atoms with Crippen molar-refractivity contribution in [3.63, 3.8) is 0 Å². The molecule has 2 aliphatic rings. The van der Waals surface area contributed by atoms with Gasteiger partial charge in [0, 0.05) is 0 Å². The molecule has 48 heavy (non-hydrogen) atoms. The molecular formula is C34H36Cl6O8. The summed E-state index contributed by atoms with van der Waals surface area (Å²) < 4.78 is 21.2. The smallest absolute Gasteiger partial charge is 0.423 e. The van der Waals surface area contributed by atoms with Crippen LogP contribution in [-0.2, 0) is 19.1 Å². The molecule has 4 rings (SSSR count). The van der Waals surface area contributed by atoms with Gasteiger partial charge in [-0.15, -0.1) is 0 Å². The van der Waals surface area contributed by atoms with E-state index in [9.17, 15) is 19.2 Å². The van der Waals surface area contributed by atoms with Crippen LogP contribution in [0.5, 0.6) is 11.5 Å². The molecule has 8 nitrogen and oxygen atoms in total. The lowest BCUT2D eigenvalue weighted by atomic mass is 10.1. The summed E-state index contributed by atoms with van der Waals surface area (Å²) in [5.74, 6) is -4.13. The maximum atomic E-state index is 13.1. The normalized spacial score (nSPS) is 19.4. The molecule has 4 unspecified atom stereocenters. The van der Waals surface area contributed by atoms with E-state index in [4.69, 9.17) is 88.6 Å². The van der Waals surface area contributed by atoms with Gasteiger partial charge in [-0.3, -0.25) is 0 Å². The number of hydrogen-bond donors (Lipinski definition) is 0. The van der Waals surface area contributed by atoms with Crippen LogP contribution in [0.4, 0.5) is 0 Å². The molecule has 0 heterocycles. The minimum atomic E-state index is -1.63. The lowest BCUT2D eigenvalue weighted by Crippen LogP contribution is -2.27. The molecular weight excluding hydrogens is 749 g/mol. The van der Waals surface area contributed by atoms with Crippen LogP contribution in [0.25, 0.3) is 0 Å². The summed E-state index contributed by atoms with van der Waals surface area (Å²) in [7, 11) is 0. The molecule has 0 radical (unpaired) electrons. The molecule has 0 spiro atoms. The highest BCUT2D eigenvalue weighted by Crippen LogP contribution is 2.46. The van der Waals surface area contributed by atoms with Crippen LogP contribution in [-0.4, -0.2) is 37.1 Å². The average molecular weight is 785 g/mol. The predicted molar refractivity (Wildman–Crippen MR) is 186 cm³/mol. The monoisotopic (exact) mass is 782 g/mol. The Hall–Kier alpha value is -1.94. The van der Waals surface area contributed by atoms with E-state index >= 15 is 0 Å². The molecule has 2 aromatic carbocycles. The van der Waals surface area contributed by atoms with Gasteiger partial charge in [-0.1, -0.05) is 122 Å². The van der Waals surface area contributed by atoms with Gasteiger partial charge in [-0.25, -0.2) is 19.2 Å². The zero-order chi connectivity index (χ0) is 35.1. The Morgan fingerprint density at radius 2 is 0.938 bits per heavy atom. The van der Waals surface area contributed by atoms with Crippen LogP contribution in [0, 0.1) is 23.7 Å². The Balaban J connectivity index is 1.43. The fourth-order valence-corrected chi connectivity index (χ4v) is 7.15. The molecule has 0 bridgehead atoms. The van der Waals surface area contributed by atoms with Crippen molar-refractivity contribution in [1.82, 2.24) is 0 Å². The van der Waals surface area contributed by atoms with Crippen molar-refractivity contribution in [1.29, 1.82) is 0 Å². The SMILES string of the molecule is CCCCC1CC1CCOC(=O)c1c(Cl)c(Cl)cc(Cl)c1OC(=O)C(=O)Oc1c(Cl)cc(Cl)c(Cl)c1C(=O)OCCC1CC1CCCC. The number of ether oxygens (including phenoxy) is 4. The first-order valence-electron chi connectivity index (χ1n) is 16.0. The quantitative estimate of drug-likeness (QED) is 0.0717. The minimum absolute atomic E-state index is 0.0941. The third-order valence-electron chi connectivity index (χ3n) is 8.66. The van der Waals surface area contributed by atoms with Gasteiger partial charge in [0.2, 0.25) is 0 Å². The van der Waals surface area contributed by atoms with Crippen LogP contribution in [0.15, 0.2) is 12.1 Å². The molecule has 2 fully saturated rings. The first-order chi connectivity index (χ1) is 22.9. The number of unbranched alkanes of at least 4 members (excludes halogenated alkanes) is 2. The number of rotatable bonds is 16. The van der Waals surface area contributed by atoms with E-state index in [2.05, 4.69) is 13.8 Å². The molecule has 0 aromatic heterocycles. The lowest BCUT2D eigenvalue weighted by molar-refractivity contribution is -0.156. The molecule has 2 aliphatic carbocycles. The number of carbonyl (C=O) groups is 4. The molecule has 0 saturated heterocycles. The Kier molecular flexibility index (Phi) is 14.4. The summed E-state index contributed by atoms with van der Waals surface area (Å²) in [6.45, 7) is 4.46.